The second-order valence-corrected chi connectivity index (χ2v) is 10.2. The van der Waals surface area contributed by atoms with E-state index in [0.29, 0.717) is 33.2 Å². The van der Waals surface area contributed by atoms with Crippen LogP contribution in [-0.2, 0) is 15.0 Å². The number of nitrogens with one attached hydrogen (secondary N) is 1. The third-order valence-electron chi connectivity index (χ3n) is 7.53. The number of halogens is 2. The first-order chi connectivity index (χ1) is 18.8. The van der Waals surface area contributed by atoms with Crippen molar-refractivity contribution in [2.75, 3.05) is 19.6 Å². The van der Waals surface area contributed by atoms with Crippen LogP contribution < -0.4 is 14.9 Å². The molecule has 0 saturated carbocycles. The summed E-state index contributed by atoms with van der Waals surface area (Å²) < 4.78 is 10.7. The summed E-state index contributed by atoms with van der Waals surface area (Å²) >= 11 is 12.4. The van der Waals surface area contributed by atoms with Crippen LogP contribution >= 0.6 is 23.2 Å². The van der Waals surface area contributed by atoms with Gasteiger partial charge in [0.25, 0.3) is 11.8 Å². The summed E-state index contributed by atoms with van der Waals surface area (Å²) in [5, 5.41) is 13.0. The molecule has 2 aliphatic rings. The number of hydrogen-bond donors (Lipinski definition) is 2. The third-order valence-corrected chi connectivity index (χ3v) is 8.08. The van der Waals surface area contributed by atoms with Gasteiger partial charge in [0.05, 0.1) is 36.3 Å². The van der Waals surface area contributed by atoms with Gasteiger partial charge in [0, 0.05) is 16.5 Å². The number of phenolic OH excluding ortho intramolecular Hbond substituents is 1. The lowest BCUT2D eigenvalue weighted by Gasteiger charge is -2.43. The van der Waals surface area contributed by atoms with Crippen molar-refractivity contribution >= 4 is 40.7 Å². The number of methoxy groups -OCH3 is 2. The minimum atomic E-state index is -1.43. The molecule has 9 heteroatoms. The number of rotatable bonds is 7. The standard InChI is InChI=1S/C30H26Cl2N2O5/c1-4-17-8-14-22-28(36)34(33-24-15-11-19(31)16-23(24)32)29(37)30(22,18-9-12-20(38-2)13-10-18)26(17)21-6-5-7-25(39-3)27(21)35/h4-13,15-16,22,26,33,35H,1,14H2,2-3H3/t22-,26+,30+/m0/s1. The van der Waals surface area contributed by atoms with Crippen LogP contribution in [0.25, 0.3) is 0 Å². The summed E-state index contributed by atoms with van der Waals surface area (Å²) in [5.74, 6) is -1.73. The number of benzene rings is 3. The Kier molecular flexibility index (Phi) is 7.05. The van der Waals surface area contributed by atoms with E-state index in [9.17, 15) is 14.7 Å². The molecule has 0 radical (unpaired) electrons. The fourth-order valence-corrected chi connectivity index (χ4v) is 6.21. The minimum Gasteiger partial charge on any atom is -0.504 e. The summed E-state index contributed by atoms with van der Waals surface area (Å²) in [6, 6.07) is 16.9. The van der Waals surface area contributed by atoms with Gasteiger partial charge in [0.2, 0.25) is 0 Å². The maximum Gasteiger partial charge on any atom is 0.260 e. The topological polar surface area (TPSA) is 88.1 Å². The van der Waals surface area contributed by atoms with Gasteiger partial charge in [-0.05, 0) is 54.0 Å². The first-order valence-corrected chi connectivity index (χ1v) is 13.0. The van der Waals surface area contributed by atoms with E-state index in [2.05, 4.69) is 12.0 Å². The molecule has 0 unspecified atom stereocenters. The van der Waals surface area contributed by atoms with Gasteiger partial charge < -0.3 is 14.6 Å². The van der Waals surface area contributed by atoms with E-state index in [4.69, 9.17) is 32.7 Å². The van der Waals surface area contributed by atoms with Gasteiger partial charge in [0.15, 0.2) is 11.5 Å². The second kappa shape index (κ2) is 10.3. The predicted octanol–water partition coefficient (Wildman–Crippen LogP) is 6.27. The van der Waals surface area contributed by atoms with Crippen molar-refractivity contribution in [3.8, 4) is 17.2 Å². The number of para-hydroxylation sites is 1. The Balaban J connectivity index is 1.76. The first-order valence-electron chi connectivity index (χ1n) is 12.2. The molecule has 200 valence electrons. The van der Waals surface area contributed by atoms with E-state index in [-0.39, 0.29) is 22.9 Å². The number of allylic oxidation sites excluding steroid dienone is 3. The number of amides is 2. The SMILES string of the molecule is C=CC1=CC[C@H]2C(=O)N(Nc3ccc(Cl)cc3Cl)C(=O)[C@@]2(c2ccc(OC)cc2)[C@H]1c1cccc(OC)c1O. The van der Waals surface area contributed by atoms with Crippen molar-refractivity contribution in [3.05, 3.63) is 106 Å². The Morgan fingerprint density at radius 1 is 1.08 bits per heavy atom. The number of imide groups is 1. The van der Waals surface area contributed by atoms with Crippen LogP contribution in [-0.4, -0.2) is 36.1 Å². The third kappa shape index (κ3) is 4.13. The van der Waals surface area contributed by atoms with Crippen LogP contribution in [0.2, 0.25) is 10.0 Å². The molecule has 5 rings (SSSR count). The molecule has 3 atom stereocenters. The van der Waals surface area contributed by atoms with E-state index in [1.54, 1.807) is 67.8 Å². The molecule has 1 aliphatic carbocycles. The van der Waals surface area contributed by atoms with E-state index < -0.39 is 29.1 Å². The molecule has 2 amide bonds. The van der Waals surface area contributed by atoms with Crippen molar-refractivity contribution in [1.82, 2.24) is 5.01 Å². The van der Waals surface area contributed by atoms with E-state index >= 15 is 0 Å². The number of hydrazine groups is 1. The predicted molar refractivity (Wildman–Crippen MR) is 150 cm³/mol. The van der Waals surface area contributed by atoms with E-state index in [1.165, 1.54) is 13.2 Å². The highest BCUT2D eigenvalue weighted by molar-refractivity contribution is 6.36. The Morgan fingerprint density at radius 3 is 2.46 bits per heavy atom. The number of carbonyl (C=O) groups excluding carboxylic acids is 2. The molecule has 1 fully saturated rings. The van der Waals surface area contributed by atoms with Gasteiger partial charge in [-0.25, -0.2) is 0 Å². The molecule has 0 bridgehead atoms. The molecule has 1 heterocycles. The molecule has 3 aromatic carbocycles. The molecule has 1 saturated heterocycles. The Hall–Kier alpha value is -3.94. The molecule has 0 aromatic heterocycles. The van der Waals surface area contributed by atoms with Crippen molar-refractivity contribution in [3.63, 3.8) is 0 Å². The highest BCUT2D eigenvalue weighted by atomic mass is 35.5. The number of hydrogen-bond acceptors (Lipinski definition) is 6. The van der Waals surface area contributed by atoms with Crippen molar-refractivity contribution in [2.24, 2.45) is 5.92 Å². The fraction of sp³-hybridized carbons (Fsp3) is 0.200. The number of fused-ring (bicyclic) bond motifs is 1. The van der Waals surface area contributed by atoms with Crippen LogP contribution in [0.3, 0.4) is 0 Å². The Morgan fingerprint density at radius 2 is 1.82 bits per heavy atom. The fourth-order valence-electron chi connectivity index (χ4n) is 5.76. The van der Waals surface area contributed by atoms with E-state index in [0.717, 1.165) is 5.01 Å². The Bertz CT molecular complexity index is 1500. The number of nitrogens with zero attached hydrogens (tertiary/aromatic N) is 1. The summed E-state index contributed by atoms with van der Waals surface area (Å²) in [6.45, 7) is 3.99. The van der Waals surface area contributed by atoms with Crippen LogP contribution in [0.15, 0.2) is 85.0 Å². The molecule has 1 aliphatic heterocycles. The minimum absolute atomic E-state index is 0.112. The van der Waals surface area contributed by atoms with Gasteiger partial charge in [-0.1, -0.05) is 66.2 Å². The van der Waals surface area contributed by atoms with Gasteiger partial charge in [0.1, 0.15) is 5.75 Å². The van der Waals surface area contributed by atoms with Gasteiger partial charge in [-0.2, -0.15) is 5.01 Å². The van der Waals surface area contributed by atoms with Gasteiger partial charge in [-0.3, -0.25) is 15.0 Å². The summed E-state index contributed by atoms with van der Waals surface area (Å²) in [6.07, 6.45) is 3.84. The molecular weight excluding hydrogens is 539 g/mol. The lowest BCUT2D eigenvalue weighted by Crippen LogP contribution is -2.48. The summed E-state index contributed by atoms with van der Waals surface area (Å²) in [5.41, 5.74) is 3.59. The quantitative estimate of drug-likeness (QED) is 0.329. The van der Waals surface area contributed by atoms with Crippen molar-refractivity contribution < 1.29 is 24.2 Å². The average Bonchev–Trinajstić information content (AvgIpc) is 3.16. The maximum absolute atomic E-state index is 14.7. The average molecular weight is 565 g/mol. The van der Waals surface area contributed by atoms with Crippen molar-refractivity contribution in [2.45, 2.75) is 17.8 Å². The first kappa shape index (κ1) is 26.7. The zero-order valence-corrected chi connectivity index (χ0v) is 22.8. The Labute approximate surface area is 236 Å². The lowest BCUT2D eigenvalue weighted by molar-refractivity contribution is -0.138. The van der Waals surface area contributed by atoms with Crippen molar-refractivity contribution in [1.29, 1.82) is 0 Å². The zero-order valence-electron chi connectivity index (χ0n) is 21.3. The zero-order chi connectivity index (χ0) is 27.9. The second-order valence-electron chi connectivity index (χ2n) is 9.34. The monoisotopic (exact) mass is 564 g/mol. The van der Waals surface area contributed by atoms with E-state index in [1.807, 2.05) is 6.08 Å². The number of aromatic hydroxyl groups is 1. The van der Waals surface area contributed by atoms with Gasteiger partial charge in [-0.15, -0.1) is 0 Å². The van der Waals surface area contributed by atoms with Crippen LogP contribution in [0, 0.1) is 5.92 Å². The molecule has 7 nitrogen and oxygen atoms in total. The van der Waals surface area contributed by atoms with Crippen LogP contribution in [0.4, 0.5) is 5.69 Å². The summed E-state index contributed by atoms with van der Waals surface area (Å²) in [7, 11) is 3.01. The number of phenols is 1. The number of ether oxygens (including phenoxy) is 2. The molecular formula is C30H26Cl2N2O5. The van der Waals surface area contributed by atoms with Crippen LogP contribution in [0.1, 0.15) is 23.5 Å². The highest BCUT2D eigenvalue weighted by Crippen LogP contribution is 2.59. The largest absolute Gasteiger partial charge is 0.504 e. The summed E-state index contributed by atoms with van der Waals surface area (Å²) in [4.78, 5) is 28.7. The highest BCUT2D eigenvalue weighted by Gasteiger charge is 2.66. The molecule has 39 heavy (non-hydrogen) atoms. The maximum atomic E-state index is 14.7. The molecule has 2 N–H and O–H groups in total. The molecule has 0 spiro atoms. The lowest BCUT2D eigenvalue weighted by atomic mass is 9.56. The number of anilines is 1. The van der Waals surface area contributed by atoms with Gasteiger partial charge >= 0.3 is 0 Å². The normalized spacial score (nSPS) is 22.3. The smallest absolute Gasteiger partial charge is 0.260 e. The molecule has 3 aromatic rings. The van der Waals surface area contributed by atoms with Crippen LogP contribution in [0.5, 0.6) is 17.2 Å². The number of carbonyl (C=O) groups is 2.